The molecular weight excluding hydrogens is 216 g/mol. The molecule has 0 radical (unpaired) electrons. The van der Waals surface area contributed by atoms with Gasteiger partial charge in [-0.1, -0.05) is 29.5 Å². The topological polar surface area (TPSA) is 30.2 Å². The van der Waals surface area contributed by atoms with Crippen molar-refractivity contribution < 1.29 is 4.42 Å². The van der Waals surface area contributed by atoms with Crippen molar-refractivity contribution in [1.82, 2.24) is 0 Å². The van der Waals surface area contributed by atoms with E-state index < -0.39 is 0 Å². The molecule has 0 unspecified atom stereocenters. The minimum Gasteiger partial charge on any atom is -0.456 e. The van der Waals surface area contributed by atoms with Crippen molar-refractivity contribution in [1.29, 1.82) is 0 Å². The largest absolute Gasteiger partial charge is 0.456 e. The summed E-state index contributed by atoms with van der Waals surface area (Å²) in [6, 6.07) is 13.2. The second-order valence-electron chi connectivity index (χ2n) is 3.88. The fourth-order valence-electron chi connectivity index (χ4n) is 2.01. The Hall–Kier alpha value is -1.87. The zero-order chi connectivity index (χ0) is 11.1. The zero-order valence-corrected chi connectivity index (χ0v) is 10.9. The average Bonchev–Trinajstić information content (AvgIpc) is 2.29. The van der Waals surface area contributed by atoms with Crippen LogP contribution in [0.3, 0.4) is 0 Å². The van der Waals surface area contributed by atoms with Gasteiger partial charge in [0.2, 0.25) is 0 Å². The molecule has 0 amide bonds. The highest BCUT2D eigenvalue weighted by Crippen LogP contribution is 2.16. The van der Waals surface area contributed by atoms with Gasteiger partial charge in [0.1, 0.15) is 11.2 Å². The van der Waals surface area contributed by atoms with E-state index in [2.05, 4.69) is 0 Å². The molecule has 3 rings (SSSR count). The number of fused-ring (bicyclic) bond motifs is 2. The van der Waals surface area contributed by atoms with E-state index in [1.807, 2.05) is 42.5 Å². The van der Waals surface area contributed by atoms with Gasteiger partial charge < -0.3 is 4.42 Å². The van der Waals surface area contributed by atoms with Crippen LogP contribution < -0.4 is 10.6 Å². The number of hydrogen-bond acceptors (Lipinski definition) is 2. The predicted molar refractivity (Wildman–Crippen MR) is 69.6 cm³/mol. The van der Waals surface area contributed by atoms with Crippen LogP contribution in [0.5, 0.6) is 0 Å². The predicted octanol–water partition coefficient (Wildman–Crippen LogP) is 0.937. The van der Waals surface area contributed by atoms with Gasteiger partial charge in [0.25, 0.3) is 0 Å². The Morgan fingerprint density at radius 3 is 2.56 bits per heavy atom. The van der Waals surface area contributed by atoms with Gasteiger partial charge in [-0.2, -0.15) is 0 Å². The number of para-hydroxylation sites is 1. The van der Waals surface area contributed by atoms with Gasteiger partial charge in [-0.25, -0.2) is 0 Å². The summed E-state index contributed by atoms with van der Waals surface area (Å²) < 4.78 is 5.73. The Bertz CT molecular complexity index is 744. The SMILES string of the molecule is O=c1c2ccccc2oc2cccc([SiH3])c12. The standard InChI is InChI=1S/C13H10O2Si/c14-13-8-4-1-2-5-9(8)15-10-6-3-7-11(16)12(10)13/h1-7H,16H3. The molecule has 2 nitrogen and oxygen atoms in total. The summed E-state index contributed by atoms with van der Waals surface area (Å²) in [4.78, 5) is 12.3. The summed E-state index contributed by atoms with van der Waals surface area (Å²) in [7, 11) is 0.851. The van der Waals surface area contributed by atoms with Crippen LogP contribution in [0.15, 0.2) is 51.7 Å². The van der Waals surface area contributed by atoms with Crippen molar-refractivity contribution in [2.24, 2.45) is 0 Å². The van der Waals surface area contributed by atoms with Gasteiger partial charge >= 0.3 is 0 Å². The van der Waals surface area contributed by atoms with Gasteiger partial charge in [-0.3, -0.25) is 4.79 Å². The van der Waals surface area contributed by atoms with E-state index in [-0.39, 0.29) is 5.43 Å². The van der Waals surface area contributed by atoms with Crippen molar-refractivity contribution >= 4 is 37.4 Å². The molecule has 0 saturated heterocycles. The van der Waals surface area contributed by atoms with Gasteiger partial charge in [0.15, 0.2) is 5.43 Å². The molecule has 78 valence electrons. The van der Waals surface area contributed by atoms with Crippen molar-refractivity contribution in [3.8, 4) is 0 Å². The summed E-state index contributed by atoms with van der Waals surface area (Å²) >= 11 is 0. The first-order chi connectivity index (χ1) is 7.77. The monoisotopic (exact) mass is 226 g/mol. The smallest absolute Gasteiger partial charge is 0.200 e. The average molecular weight is 226 g/mol. The molecule has 1 heterocycles. The Kier molecular flexibility index (Phi) is 1.94. The first-order valence-electron chi connectivity index (χ1n) is 5.18. The maximum atomic E-state index is 12.3. The molecule has 1 aromatic heterocycles. The molecule has 0 N–H and O–H groups in total. The third-order valence-corrected chi connectivity index (χ3v) is 3.65. The van der Waals surface area contributed by atoms with Crippen LogP contribution in [0, 0.1) is 0 Å². The normalized spacial score (nSPS) is 11.2. The molecule has 3 heteroatoms. The molecule has 2 aromatic carbocycles. The highest BCUT2D eigenvalue weighted by molar-refractivity contribution is 6.38. The Morgan fingerprint density at radius 2 is 1.69 bits per heavy atom. The number of hydrogen-bond donors (Lipinski definition) is 0. The lowest BCUT2D eigenvalue weighted by Crippen LogP contribution is -2.14. The molecule has 0 saturated carbocycles. The maximum Gasteiger partial charge on any atom is 0.200 e. The van der Waals surface area contributed by atoms with Crippen LogP contribution in [0.4, 0.5) is 0 Å². The van der Waals surface area contributed by atoms with Crippen LogP contribution in [0.1, 0.15) is 0 Å². The summed E-state index contributed by atoms with van der Waals surface area (Å²) in [5, 5.41) is 2.50. The first-order valence-corrected chi connectivity index (χ1v) is 6.18. The Balaban J connectivity index is 2.67. The molecular formula is C13H10O2Si. The van der Waals surface area contributed by atoms with Gasteiger partial charge in [0.05, 0.1) is 10.8 Å². The first kappa shape index (κ1) is 9.36. The van der Waals surface area contributed by atoms with Crippen LogP contribution in [-0.4, -0.2) is 10.2 Å². The molecule has 0 bridgehead atoms. The van der Waals surface area contributed by atoms with Crippen molar-refractivity contribution in [3.63, 3.8) is 0 Å². The molecule has 3 aromatic rings. The Labute approximate surface area is 94.9 Å². The van der Waals surface area contributed by atoms with Gasteiger partial charge in [0, 0.05) is 10.2 Å². The number of rotatable bonds is 0. The quantitative estimate of drug-likeness (QED) is 0.422. The van der Waals surface area contributed by atoms with E-state index in [1.54, 1.807) is 0 Å². The molecule has 16 heavy (non-hydrogen) atoms. The third kappa shape index (κ3) is 1.22. The zero-order valence-electron chi connectivity index (χ0n) is 8.86. The van der Waals surface area contributed by atoms with E-state index in [1.165, 1.54) is 0 Å². The van der Waals surface area contributed by atoms with Crippen LogP contribution in [-0.2, 0) is 0 Å². The lowest BCUT2D eigenvalue weighted by molar-refractivity contribution is 0.660. The van der Waals surface area contributed by atoms with E-state index in [4.69, 9.17) is 4.42 Å². The summed E-state index contributed by atoms with van der Waals surface area (Å²) in [5.41, 5.74) is 1.44. The van der Waals surface area contributed by atoms with E-state index in [9.17, 15) is 4.79 Å². The summed E-state index contributed by atoms with van der Waals surface area (Å²) in [6.07, 6.45) is 0. The van der Waals surface area contributed by atoms with Crippen molar-refractivity contribution in [2.75, 3.05) is 0 Å². The van der Waals surface area contributed by atoms with E-state index in [0.29, 0.717) is 16.6 Å². The molecule has 0 aliphatic rings. The van der Waals surface area contributed by atoms with Crippen molar-refractivity contribution in [3.05, 3.63) is 52.7 Å². The second kappa shape index (κ2) is 3.32. The number of benzene rings is 2. The molecule has 0 fully saturated rings. The minimum absolute atomic E-state index is 0.0856. The van der Waals surface area contributed by atoms with Gasteiger partial charge in [-0.15, -0.1) is 0 Å². The van der Waals surface area contributed by atoms with Crippen LogP contribution in [0.2, 0.25) is 0 Å². The van der Waals surface area contributed by atoms with E-state index in [0.717, 1.165) is 20.8 Å². The molecule has 0 spiro atoms. The molecule has 0 aliphatic carbocycles. The third-order valence-electron chi connectivity index (χ3n) is 2.81. The summed E-state index contributed by atoms with van der Waals surface area (Å²) in [5.74, 6) is 0. The minimum atomic E-state index is 0.0856. The van der Waals surface area contributed by atoms with E-state index >= 15 is 0 Å². The van der Waals surface area contributed by atoms with Gasteiger partial charge in [-0.05, 0) is 18.2 Å². The highest BCUT2D eigenvalue weighted by atomic mass is 28.1. The van der Waals surface area contributed by atoms with Crippen molar-refractivity contribution in [2.45, 2.75) is 0 Å². The van der Waals surface area contributed by atoms with Crippen LogP contribution >= 0.6 is 0 Å². The molecule has 0 atom stereocenters. The maximum absolute atomic E-state index is 12.3. The fourth-order valence-corrected chi connectivity index (χ4v) is 2.68. The lowest BCUT2D eigenvalue weighted by Gasteiger charge is -2.02. The molecule has 0 aliphatic heterocycles. The summed E-state index contributed by atoms with van der Waals surface area (Å²) in [6.45, 7) is 0. The lowest BCUT2D eigenvalue weighted by atomic mass is 10.1. The Morgan fingerprint density at radius 1 is 0.938 bits per heavy atom. The fraction of sp³-hybridized carbons (Fsp3) is 0. The highest BCUT2D eigenvalue weighted by Gasteiger charge is 2.07. The van der Waals surface area contributed by atoms with Crippen LogP contribution in [0.25, 0.3) is 21.9 Å². The second-order valence-corrected chi connectivity index (χ2v) is 4.95.